The number of amides is 1. The Kier molecular flexibility index (Phi) is 5.46. The van der Waals surface area contributed by atoms with Gasteiger partial charge in [-0.25, -0.2) is 4.79 Å². The molecule has 0 atom stereocenters. The number of hydrogen-bond acceptors (Lipinski definition) is 6. The topological polar surface area (TPSA) is 91.3 Å². The van der Waals surface area contributed by atoms with Crippen LogP contribution in [0.5, 0.6) is 0 Å². The van der Waals surface area contributed by atoms with Crippen LogP contribution in [0, 0.1) is 12.8 Å². The van der Waals surface area contributed by atoms with E-state index in [0.29, 0.717) is 24.5 Å². The van der Waals surface area contributed by atoms with Gasteiger partial charge in [-0.15, -0.1) is 0 Å². The standard InChI is InChI=1S/C21H25N5O3S/c1-13(2)12-26-19(27)17-16(22-21(26)29)18(30-23-17)20(28)25-10-8-24(9-11-25)15-6-4-14(3)5-7-15/h4-7,13H,8-12H2,1-3H3,(H,22,29). The molecule has 0 bridgehead atoms. The van der Waals surface area contributed by atoms with Crippen molar-refractivity contribution in [2.45, 2.75) is 27.3 Å². The number of nitrogens with zero attached hydrogens (tertiary/aromatic N) is 4. The third-order valence-electron chi connectivity index (χ3n) is 5.32. The van der Waals surface area contributed by atoms with Crippen molar-refractivity contribution in [2.75, 3.05) is 31.1 Å². The summed E-state index contributed by atoms with van der Waals surface area (Å²) in [7, 11) is 0. The lowest BCUT2D eigenvalue weighted by Gasteiger charge is -2.36. The van der Waals surface area contributed by atoms with E-state index in [0.717, 1.165) is 34.9 Å². The number of aromatic nitrogens is 3. The Morgan fingerprint density at radius 1 is 1.13 bits per heavy atom. The van der Waals surface area contributed by atoms with Crippen molar-refractivity contribution < 1.29 is 4.79 Å². The summed E-state index contributed by atoms with van der Waals surface area (Å²) in [6, 6.07) is 8.35. The molecule has 0 aliphatic carbocycles. The Labute approximate surface area is 177 Å². The molecule has 0 unspecified atom stereocenters. The average molecular weight is 428 g/mol. The van der Waals surface area contributed by atoms with Crippen LogP contribution in [0.15, 0.2) is 33.9 Å². The molecular weight excluding hydrogens is 402 g/mol. The van der Waals surface area contributed by atoms with Crippen LogP contribution in [-0.2, 0) is 6.54 Å². The SMILES string of the molecule is Cc1ccc(N2CCN(C(=O)c3snc4c(=O)n(CC(C)C)c(=O)[nH]c34)CC2)cc1. The van der Waals surface area contributed by atoms with Gasteiger partial charge in [0.05, 0.1) is 5.52 Å². The van der Waals surface area contributed by atoms with Crippen molar-refractivity contribution in [1.82, 2.24) is 18.8 Å². The summed E-state index contributed by atoms with van der Waals surface area (Å²) >= 11 is 0.976. The van der Waals surface area contributed by atoms with Crippen LogP contribution < -0.4 is 16.1 Å². The monoisotopic (exact) mass is 427 g/mol. The predicted octanol–water partition coefficient (Wildman–Crippen LogP) is 2.07. The molecule has 0 spiro atoms. The molecular formula is C21H25N5O3S. The Bertz CT molecular complexity index is 1180. The van der Waals surface area contributed by atoms with E-state index in [2.05, 4.69) is 45.4 Å². The van der Waals surface area contributed by atoms with Gasteiger partial charge >= 0.3 is 5.69 Å². The summed E-state index contributed by atoms with van der Waals surface area (Å²) in [5.41, 5.74) is 1.82. The fourth-order valence-electron chi connectivity index (χ4n) is 3.69. The summed E-state index contributed by atoms with van der Waals surface area (Å²) in [5.74, 6) is -0.0477. The summed E-state index contributed by atoms with van der Waals surface area (Å²) in [6.07, 6.45) is 0. The van der Waals surface area contributed by atoms with E-state index in [4.69, 9.17) is 0 Å². The number of fused-ring (bicyclic) bond motifs is 1. The highest BCUT2D eigenvalue weighted by atomic mass is 32.1. The molecule has 1 aromatic carbocycles. The van der Waals surface area contributed by atoms with Crippen molar-refractivity contribution >= 4 is 34.2 Å². The van der Waals surface area contributed by atoms with Crippen molar-refractivity contribution in [3.05, 3.63) is 55.5 Å². The molecule has 158 valence electrons. The minimum absolute atomic E-state index is 0.144. The second-order valence-electron chi connectivity index (χ2n) is 8.09. The first-order valence-electron chi connectivity index (χ1n) is 10.1. The van der Waals surface area contributed by atoms with E-state index in [1.165, 1.54) is 5.56 Å². The van der Waals surface area contributed by atoms with Crippen molar-refractivity contribution in [3.63, 3.8) is 0 Å². The normalized spacial score (nSPS) is 14.7. The Balaban J connectivity index is 1.55. The molecule has 3 aromatic rings. The fraction of sp³-hybridized carbons (Fsp3) is 0.429. The highest BCUT2D eigenvalue weighted by Crippen LogP contribution is 2.22. The molecule has 0 radical (unpaired) electrons. The number of rotatable bonds is 4. The molecule has 1 saturated heterocycles. The second kappa shape index (κ2) is 8.06. The number of benzene rings is 1. The van der Waals surface area contributed by atoms with Gasteiger partial charge in [0.15, 0.2) is 5.52 Å². The minimum atomic E-state index is -0.500. The van der Waals surface area contributed by atoms with E-state index in [1.807, 2.05) is 13.8 Å². The molecule has 1 N–H and O–H groups in total. The maximum atomic E-state index is 13.1. The predicted molar refractivity (Wildman–Crippen MR) is 119 cm³/mol. The third kappa shape index (κ3) is 3.77. The summed E-state index contributed by atoms with van der Waals surface area (Å²) in [4.78, 5) is 45.2. The second-order valence-corrected chi connectivity index (χ2v) is 8.86. The van der Waals surface area contributed by atoms with Crippen LogP contribution in [0.3, 0.4) is 0 Å². The molecule has 8 nitrogen and oxygen atoms in total. The molecule has 1 aliphatic heterocycles. The van der Waals surface area contributed by atoms with E-state index in [1.54, 1.807) is 4.90 Å². The zero-order valence-corrected chi connectivity index (χ0v) is 18.2. The zero-order chi connectivity index (χ0) is 21.4. The highest BCUT2D eigenvalue weighted by molar-refractivity contribution is 7.09. The van der Waals surface area contributed by atoms with Gasteiger partial charge in [0.1, 0.15) is 4.88 Å². The van der Waals surface area contributed by atoms with Gasteiger partial charge < -0.3 is 14.8 Å². The lowest BCUT2D eigenvalue weighted by molar-refractivity contribution is 0.0753. The van der Waals surface area contributed by atoms with E-state index >= 15 is 0 Å². The van der Waals surface area contributed by atoms with Crippen LogP contribution in [0.2, 0.25) is 0 Å². The zero-order valence-electron chi connectivity index (χ0n) is 17.3. The number of nitrogens with one attached hydrogen (secondary N) is 1. The van der Waals surface area contributed by atoms with E-state index in [-0.39, 0.29) is 22.9 Å². The van der Waals surface area contributed by atoms with Gasteiger partial charge in [0.25, 0.3) is 11.5 Å². The Hall–Kier alpha value is -2.94. The van der Waals surface area contributed by atoms with Crippen LogP contribution in [0.1, 0.15) is 29.1 Å². The third-order valence-corrected chi connectivity index (χ3v) is 6.16. The molecule has 9 heteroatoms. The van der Waals surface area contributed by atoms with Crippen LogP contribution in [0.25, 0.3) is 11.0 Å². The van der Waals surface area contributed by atoms with Gasteiger partial charge in [-0.2, -0.15) is 4.37 Å². The van der Waals surface area contributed by atoms with Gasteiger partial charge in [-0.05, 0) is 36.5 Å². The molecule has 30 heavy (non-hydrogen) atoms. The lowest BCUT2D eigenvalue weighted by Crippen LogP contribution is -2.48. The van der Waals surface area contributed by atoms with Crippen molar-refractivity contribution in [2.24, 2.45) is 5.92 Å². The van der Waals surface area contributed by atoms with Gasteiger partial charge in [-0.1, -0.05) is 31.5 Å². The van der Waals surface area contributed by atoms with Crippen molar-refractivity contribution in [3.8, 4) is 0 Å². The Morgan fingerprint density at radius 3 is 2.43 bits per heavy atom. The average Bonchev–Trinajstić information content (AvgIpc) is 3.15. The van der Waals surface area contributed by atoms with Gasteiger partial charge in [-0.3, -0.25) is 14.2 Å². The van der Waals surface area contributed by atoms with E-state index < -0.39 is 11.2 Å². The summed E-state index contributed by atoms with van der Waals surface area (Å²) in [5, 5.41) is 0. The largest absolute Gasteiger partial charge is 0.368 e. The maximum Gasteiger partial charge on any atom is 0.328 e. The molecule has 0 saturated carbocycles. The maximum absolute atomic E-state index is 13.1. The minimum Gasteiger partial charge on any atom is -0.368 e. The first-order chi connectivity index (χ1) is 14.3. The van der Waals surface area contributed by atoms with Gasteiger partial charge in [0.2, 0.25) is 0 Å². The first kappa shape index (κ1) is 20.3. The summed E-state index contributed by atoms with van der Waals surface area (Å²) < 4.78 is 5.35. The first-order valence-corrected chi connectivity index (χ1v) is 10.9. The lowest BCUT2D eigenvalue weighted by atomic mass is 10.2. The smallest absolute Gasteiger partial charge is 0.328 e. The number of H-pyrrole nitrogens is 1. The molecule has 1 aliphatic rings. The number of anilines is 1. The number of aryl methyl sites for hydroxylation is 1. The highest BCUT2D eigenvalue weighted by Gasteiger charge is 2.27. The van der Waals surface area contributed by atoms with E-state index in [9.17, 15) is 14.4 Å². The van der Waals surface area contributed by atoms with Crippen molar-refractivity contribution in [1.29, 1.82) is 0 Å². The van der Waals surface area contributed by atoms with Crippen LogP contribution >= 0.6 is 11.5 Å². The quantitative estimate of drug-likeness (QED) is 0.688. The Morgan fingerprint density at radius 2 is 1.80 bits per heavy atom. The fourth-order valence-corrected chi connectivity index (χ4v) is 4.49. The number of piperazine rings is 1. The summed E-state index contributed by atoms with van der Waals surface area (Å²) in [6.45, 7) is 8.83. The number of carbonyl (C=O) groups excluding carboxylic acids is 1. The van der Waals surface area contributed by atoms with Crippen LogP contribution in [-0.4, -0.2) is 50.9 Å². The molecule has 1 amide bonds. The molecule has 2 aromatic heterocycles. The number of hydrogen-bond donors (Lipinski definition) is 1. The molecule has 1 fully saturated rings. The molecule has 4 rings (SSSR count). The van der Waals surface area contributed by atoms with Gasteiger partial charge in [0, 0.05) is 38.4 Å². The molecule has 3 heterocycles. The number of carbonyl (C=O) groups is 1. The number of aromatic amines is 1. The van der Waals surface area contributed by atoms with Crippen LogP contribution in [0.4, 0.5) is 5.69 Å².